The largest absolute Gasteiger partial charge is 0.343 e. The summed E-state index contributed by atoms with van der Waals surface area (Å²) in [5.41, 5.74) is -0.370. The number of ketones is 1. The summed E-state index contributed by atoms with van der Waals surface area (Å²) in [6.45, 7) is 47.7. The number of amides is 1. The fourth-order valence-electron chi connectivity index (χ4n) is 8.20. The summed E-state index contributed by atoms with van der Waals surface area (Å²) in [4.78, 5) is 37.2. The standard InChI is InChI=1S/C10H20FN.C9H17F2N.C9H18N2O.C8H15F2N.C8H15NO.C7H15N.3CH4/c1-9(2,3)12-7-5-6-10(4,11)8-12;1-8(2,3)12-6-4-9(10,11)5-7-12;1-9(2,3)11-6-5-10(4)8(12)7-11;1-7(2,3)11-5-4-8(9,10)6-11;1-7(2)9-5-3-4-8(10)6-9;1-7(2,3)8-5-4-6-8;;;/h5-8H2,1-4H3;4-7H2,1-3H3;5-7H2,1-4H3;4-6H2,1-3H3;7H,3-6H2,1-2H3;4-6H2,1-3H3;3*1H4. The summed E-state index contributed by atoms with van der Waals surface area (Å²) < 4.78 is 64.5. The van der Waals surface area contributed by atoms with Gasteiger partial charge in [0, 0.05) is 106 Å². The molecular weight excluding hydrogens is 874 g/mol. The van der Waals surface area contributed by atoms with Crippen molar-refractivity contribution in [3.05, 3.63) is 0 Å². The second kappa shape index (κ2) is 28.7. The molecule has 410 valence electrons. The third-order valence-corrected chi connectivity index (χ3v) is 13.4. The zero-order valence-electron chi connectivity index (χ0n) is 45.3. The topological polar surface area (TPSA) is 56.8 Å². The second-order valence-electron chi connectivity index (χ2n) is 24.9. The Morgan fingerprint density at radius 2 is 0.853 bits per heavy atom. The Morgan fingerprint density at radius 3 is 1.13 bits per heavy atom. The van der Waals surface area contributed by atoms with Gasteiger partial charge in [-0.3, -0.25) is 39.0 Å². The SMILES string of the molecule is C.C.C.CC(C)(C)N1CCC(F)(F)C1.CC(C)(C)N1CCC(F)(F)CC1.CC(C)(C)N1CCC1.CC(C)N1CCCC(=O)C1.CC1(F)CCCN(C(C)(C)C)C1.CN1CCN(C(C)(C)C)CC1=O. The zero-order chi connectivity index (χ0) is 50.6. The number of piperidine rings is 3. The zero-order valence-corrected chi connectivity index (χ0v) is 45.3. The summed E-state index contributed by atoms with van der Waals surface area (Å²) in [5, 5.41) is 0. The maximum atomic E-state index is 13.6. The van der Waals surface area contributed by atoms with E-state index in [1.807, 2.05) is 32.7 Å². The van der Waals surface area contributed by atoms with Crippen molar-refractivity contribution in [1.82, 2.24) is 34.3 Å². The van der Waals surface area contributed by atoms with Gasteiger partial charge in [-0.1, -0.05) is 22.3 Å². The van der Waals surface area contributed by atoms with Gasteiger partial charge in [-0.2, -0.15) is 0 Å². The Hall–Kier alpha value is -1.45. The molecule has 0 bridgehead atoms. The van der Waals surface area contributed by atoms with Crippen LogP contribution < -0.4 is 0 Å². The molecule has 0 saturated carbocycles. The maximum Gasteiger partial charge on any atom is 0.261 e. The van der Waals surface area contributed by atoms with Gasteiger partial charge in [0.15, 0.2) is 0 Å². The molecule has 6 fully saturated rings. The van der Waals surface area contributed by atoms with Crippen LogP contribution in [0.25, 0.3) is 0 Å². The lowest BCUT2D eigenvalue weighted by Gasteiger charge is -2.43. The van der Waals surface area contributed by atoms with E-state index in [0.29, 0.717) is 56.6 Å². The molecule has 1 atom stereocenters. The lowest BCUT2D eigenvalue weighted by Crippen LogP contribution is -2.55. The molecule has 0 radical (unpaired) electrons. The first-order valence-corrected chi connectivity index (χ1v) is 24.8. The number of likely N-dealkylation sites (N-methyl/N-ethyl adjacent to an activating group) is 1. The first kappa shape index (κ1) is 70.8. The number of Topliss-reactive ketones (excluding diaryl/α,β-unsaturated/α-hetero) is 1. The predicted octanol–water partition coefficient (Wildman–Crippen LogP) is 12.3. The minimum absolute atomic E-state index is 0. The van der Waals surface area contributed by atoms with Crippen molar-refractivity contribution >= 4 is 11.7 Å². The van der Waals surface area contributed by atoms with Gasteiger partial charge >= 0.3 is 0 Å². The van der Waals surface area contributed by atoms with Crippen molar-refractivity contribution in [3.63, 3.8) is 0 Å². The average Bonchev–Trinajstić information content (AvgIpc) is 3.48. The molecule has 6 aliphatic heterocycles. The molecule has 0 spiro atoms. The van der Waals surface area contributed by atoms with E-state index in [1.54, 1.807) is 11.8 Å². The van der Waals surface area contributed by atoms with Gasteiger partial charge in [0.1, 0.15) is 11.5 Å². The Bertz CT molecular complexity index is 1390. The highest BCUT2D eigenvalue weighted by molar-refractivity contribution is 5.81. The highest BCUT2D eigenvalue weighted by Crippen LogP contribution is 2.33. The van der Waals surface area contributed by atoms with Crippen molar-refractivity contribution in [2.75, 3.05) is 92.1 Å². The molecule has 6 aliphatic rings. The van der Waals surface area contributed by atoms with E-state index in [9.17, 15) is 31.5 Å². The molecule has 0 aromatic carbocycles. The van der Waals surface area contributed by atoms with E-state index >= 15 is 0 Å². The van der Waals surface area contributed by atoms with Crippen LogP contribution in [0.15, 0.2) is 0 Å². The summed E-state index contributed by atoms with van der Waals surface area (Å²) >= 11 is 0. The molecule has 6 saturated heterocycles. The Morgan fingerprint density at radius 1 is 0.456 bits per heavy atom. The average molecular weight is 987 g/mol. The van der Waals surface area contributed by atoms with E-state index in [1.165, 1.54) is 19.5 Å². The smallest absolute Gasteiger partial charge is 0.261 e. The van der Waals surface area contributed by atoms with Crippen LogP contribution in [0.3, 0.4) is 0 Å². The van der Waals surface area contributed by atoms with Crippen LogP contribution >= 0.6 is 0 Å². The fourth-order valence-corrected chi connectivity index (χ4v) is 8.20. The van der Waals surface area contributed by atoms with E-state index < -0.39 is 17.5 Å². The summed E-state index contributed by atoms with van der Waals surface area (Å²) in [5.74, 6) is -4.23. The van der Waals surface area contributed by atoms with Crippen molar-refractivity contribution in [1.29, 1.82) is 0 Å². The molecule has 0 aromatic rings. The number of piperazine rings is 1. The molecule has 0 N–H and O–H groups in total. The van der Waals surface area contributed by atoms with Gasteiger partial charge in [-0.25, -0.2) is 22.0 Å². The van der Waals surface area contributed by atoms with Crippen LogP contribution in [0.4, 0.5) is 22.0 Å². The summed E-state index contributed by atoms with van der Waals surface area (Å²) in [6.07, 6.45) is 5.01. The predicted molar refractivity (Wildman–Crippen MR) is 283 cm³/mol. The number of carbonyl (C=O) groups is 2. The minimum atomic E-state index is -2.45. The molecule has 0 aliphatic carbocycles. The van der Waals surface area contributed by atoms with Gasteiger partial charge in [-0.15, -0.1) is 0 Å². The summed E-state index contributed by atoms with van der Waals surface area (Å²) in [6, 6.07) is 0.532. The van der Waals surface area contributed by atoms with Crippen molar-refractivity contribution in [2.24, 2.45) is 0 Å². The molecule has 68 heavy (non-hydrogen) atoms. The third kappa shape index (κ3) is 28.0. The van der Waals surface area contributed by atoms with Crippen LogP contribution in [0.2, 0.25) is 0 Å². The molecule has 0 aromatic heterocycles. The number of hydrogen-bond donors (Lipinski definition) is 0. The van der Waals surface area contributed by atoms with E-state index in [-0.39, 0.29) is 76.2 Å². The van der Waals surface area contributed by atoms with Gasteiger partial charge in [0.2, 0.25) is 5.91 Å². The Balaban J connectivity index is -0.000000742. The van der Waals surface area contributed by atoms with Crippen LogP contribution in [0.1, 0.15) is 198 Å². The minimum Gasteiger partial charge on any atom is -0.343 e. The van der Waals surface area contributed by atoms with Crippen LogP contribution in [0, 0.1) is 0 Å². The van der Waals surface area contributed by atoms with Crippen LogP contribution in [-0.4, -0.2) is 189 Å². The molecule has 9 nitrogen and oxygen atoms in total. The highest BCUT2D eigenvalue weighted by Gasteiger charge is 2.42. The van der Waals surface area contributed by atoms with Gasteiger partial charge in [-0.05, 0) is 176 Å². The second-order valence-corrected chi connectivity index (χ2v) is 24.9. The number of nitrogens with zero attached hydrogens (tertiary/aromatic N) is 7. The number of halogens is 5. The van der Waals surface area contributed by atoms with Crippen molar-refractivity contribution in [2.45, 2.75) is 250 Å². The number of hydrogen-bond acceptors (Lipinski definition) is 8. The van der Waals surface area contributed by atoms with Gasteiger partial charge in [0.05, 0.1) is 19.6 Å². The van der Waals surface area contributed by atoms with Crippen molar-refractivity contribution in [3.8, 4) is 0 Å². The van der Waals surface area contributed by atoms with E-state index in [4.69, 9.17) is 0 Å². The van der Waals surface area contributed by atoms with E-state index in [0.717, 1.165) is 51.9 Å². The summed E-state index contributed by atoms with van der Waals surface area (Å²) in [7, 11) is 1.86. The van der Waals surface area contributed by atoms with Crippen LogP contribution in [-0.2, 0) is 9.59 Å². The first-order valence-electron chi connectivity index (χ1n) is 24.8. The number of rotatable bonds is 1. The number of alkyl halides is 5. The van der Waals surface area contributed by atoms with Crippen LogP contribution in [0.5, 0.6) is 0 Å². The molecular formula is C54H112F5N7O2. The monoisotopic (exact) mass is 986 g/mol. The normalized spacial score (nSPS) is 24.5. The van der Waals surface area contributed by atoms with Gasteiger partial charge in [0.25, 0.3) is 11.8 Å². The Kier molecular flexibility index (Phi) is 29.9. The molecule has 1 unspecified atom stereocenters. The quantitative estimate of drug-likeness (QED) is 0.241. The Labute approximate surface area is 418 Å². The lowest BCUT2D eigenvalue weighted by molar-refractivity contribution is -0.136. The number of likely N-dealkylation sites (tertiary alicyclic amines) is 5. The maximum absolute atomic E-state index is 13.6. The first-order chi connectivity index (χ1) is 29.2. The molecule has 6 rings (SSSR count). The number of carbonyl (C=O) groups excluding carboxylic acids is 2. The van der Waals surface area contributed by atoms with Gasteiger partial charge < -0.3 is 4.90 Å². The molecule has 1 amide bonds. The fraction of sp³-hybridized carbons (Fsp3) is 0.963. The lowest BCUT2D eigenvalue weighted by atomic mass is 9.92. The third-order valence-electron chi connectivity index (χ3n) is 13.4. The van der Waals surface area contributed by atoms with E-state index in [2.05, 4.69) is 121 Å². The highest BCUT2D eigenvalue weighted by atomic mass is 19.3. The van der Waals surface area contributed by atoms with Crippen molar-refractivity contribution < 1.29 is 31.5 Å². The molecule has 14 heteroatoms. The molecule has 6 heterocycles.